The number of methoxy groups -OCH3 is 1. The van der Waals surface area contributed by atoms with Crippen molar-refractivity contribution in [1.29, 1.82) is 0 Å². The minimum atomic E-state index is -0.510. The van der Waals surface area contributed by atoms with Crippen molar-refractivity contribution < 1.29 is 14.3 Å². The standard InChI is InChI=1S/C22H21N3O3/c1-15(16-8-4-3-5-9-16)24-20-14-17(12-13-23-20)21(26)25-19-11-7-6-10-18(19)22(27)28-2/h3-15H,1-2H3,(H,23,24)(H,25,26). The lowest BCUT2D eigenvalue weighted by atomic mass is 10.1. The number of benzene rings is 2. The number of aromatic nitrogens is 1. The Kier molecular flexibility index (Phi) is 6.01. The summed E-state index contributed by atoms with van der Waals surface area (Å²) in [6.07, 6.45) is 1.57. The average Bonchev–Trinajstić information content (AvgIpc) is 2.74. The van der Waals surface area contributed by atoms with Gasteiger partial charge < -0.3 is 15.4 Å². The molecule has 1 heterocycles. The number of ether oxygens (including phenoxy) is 1. The Morgan fingerprint density at radius 3 is 2.46 bits per heavy atom. The number of carbonyl (C=O) groups excluding carboxylic acids is 2. The zero-order valence-corrected chi connectivity index (χ0v) is 15.7. The molecular weight excluding hydrogens is 354 g/mol. The number of hydrogen-bond acceptors (Lipinski definition) is 5. The van der Waals surface area contributed by atoms with Gasteiger partial charge in [-0.1, -0.05) is 42.5 Å². The van der Waals surface area contributed by atoms with Crippen LogP contribution in [-0.2, 0) is 4.74 Å². The van der Waals surface area contributed by atoms with Gasteiger partial charge in [-0.05, 0) is 36.8 Å². The molecule has 2 N–H and O–H groups in total. The molecule has 3 aromatic rings. The van der Waals surface area contributed by atoms with Crippen LogP contribution in [-0.4, -0.2) is 24.0 Å². The zero-order chi connectivity index (χ0) is 19.9. The summed E-state index contributed by atoms with van der Waals surface area (Å²) in [5.74, 6) is -0.260. The van der Waals surface area contributed by atoms with Crippen molar-refractivity contribution in [3.8, 4) is 0 Å². The molecule has 3 rings (SSSR count). The van der Waals surface area contributed by atoms with Crippen LogP contribution in [0.15, 0.2) is 72.9 Å². The van der Waals surface area contributed by atoms with Crippen molar-refractivity contribution in [3.05, 3.63) is 89.6 Å². The second kappa shape index (κ2) is 8.81. The summed E-state index contributed by atoms with van der Waals surface area (Å²) < 4.78 is 4.76. The monoisotopic (exact) mass is 375 g/mol. The number of rotatable bonds is 6. The number of esters is 1. The predicted octanol–water partition coefficient (Wildman–Crippen LogP) is 4.29. The third-order valence-electron chi connectivity index (χ3n) is 4.27. The van der Waals surface area contributed by atoms with E-state index in [2.05, 4.69) is 15.6 Å². The lowest BCUT2D eigenvalue weighted by Gasteiger charge is -2.15. The number of para-hydroxylation sites is 1. The van der Waals surface area contributed by atoms with Gasteiger partial charge in [-0.2, -0.15) is 0 Å². The number of hydrogen-bond donors (Lipinski definition) is 2. The molecule has 1 amide bonds. The van der Waals surface area contributed by atoms with E-state index in [4.69, 9.17) is 4.74 Å². The van der Waals surface area contributed by atoms with Crippen LogP contribution in [0, 0.1) is 0 Å². The maximum atomic E-state index is 12.7. The number of amides is 1. The van der Waals surface area contributed by atoms with Crippen LogP contribution in [0.25, 0.3) is 0 Å². The minimum absolute atomic E-state index is 0.0343. The van der Waals surface area contributed by atoms with E-state index in [1.165, 1.54) is 7.11 Å². The van der Waals surface area contributed by atoms with Crippen LogP contribution in [0.2, 0.25) is 0 Å². The highest BCUT2D eigenvalue weighted by molar-refractivity contribution is 6.08. The summed E-state index contributed by atoms with van der Waals surface area (Å²) in [7, 11) is 1.30. The molecule has 6 nitrogen and oxygen atoms in total. The maximum Gasteiger partial charge on any atom is 0.339 e. The first-order valence-electron chi connectivity index (χ1n) is 8.84. The van der Waals surface area contributed by atoms with E-state index in [0.717, 1.165) is 5.56 Å². The van der Waals surface area contributed by atoms with Gasteiger partial charge in [-0.25, -0.2) is 9.78 Å². The predicted molar refractivity (Wildman–Crippen MR) is 108 cm³/mol. The number of carbonyl (C=O) groups is 2. The average molecular weight is 375 g/mol. The van der Waals surface area contributed by atoms with Crippen molar-refractivity contribution in [1.82, 2.24) is 4.98 Å². The van der Waals surface area contributed by atoms with Gasteiger partial charge in [0, 0.05) is 17.8 Å². The Bertz CT molecular complexity index is 974. The minimum Gasteiger partial charge on any atom is -0.465 e. The smallest absolute Gasteiger partial charge is 0.339 e. The van der Waals surface area contributed by atoms with Crippen LogP contribution in [0.3, 0.4) is 0 Å². The molecule has 0 aliphatic carbocycles. The van der Waals surface area contributed by atoms with E-state index in [1.807, 2.05) is 37.3 Å². The second-order valence-electron chi connectivity index (χ2n) is 6.20. The fraction of sp³-hybridized carbons (Fsp3) is 0.136. The van der Waals surface area contributed by atoms with E-state index < -0.39 is 5.97 Å². The number of pyridine rings is 1. The molecule has 0 aliphatic rings. The first-order valence-corrected chi connectivity index (χ1v) is 8.84. The Morgan fingerprint density at radius 1 is 1.00 bits per heavy atom. The highest BCUT2D eigenvalue weighted by Crippen LogP contribution is 2.20. The summed E-state index contributed by atoms with van der Waals surface area (Å²) >= 11 is 0. The number of nitrogens with one attached hydrogen (secondary N) is 2. The third-order valence-corrected chi connectivity index (χ3v) is 4.27. The summed E-state index contributed by atoms with van der Waals surface area (Å²) in [4.78, 5) is 28.8. The van der Waals surface area contributed by atoms with Crippen molar-refractivity contribution in [3.63, 3.8) is 0 Å². The summed E-state index contributed by atoms with van der Waals surface area (Å²) in [5.41, 5.74) is 2.23. The fourth-order valence-electron chi connectivity index (χ4n) is 2.77. The lowest BCUT2D eigenvalue weighted by Crippen LogP contribution is -2.16. The van der Waals surface area contributed by atoms with Crippen molar-refractivity contribution in [2.45, 2.75) is 13.0 Å². The molecule has 1 aromatic heterocycles. The molecule has 0 spiro atoms. The van der Waals surface area contributed by atoms with Crippen LogP contribution in [0.1, 0.15) is 39.2 Å². The maximum absolute atomic E-state index is 12.7. The van der Waals surface area contributed by atoms with E-state index in [1.54, 1.807) is 42.6 Å². The molecule has 142 valence electrons. The molecule has 28 heavy (non-hydrogen) atoms. The first-order chi connectivity index (χ1) is 13.6. The zero-order valence-electron chi connectivity index (χ0n) is 15.7. The Hall–Kier alpha value is -3.67. The van der Waals surface area contributed by atoms with Gasteiger partial charge in [-0.3, -0.25) is 4.79 Å². The summed E-state index contributed by atoms with van der Waals surface area (Å²) in [5, 5.41) is 6.05. The molecule has 1 unspecified atom stereocenters. The third kappa shape index (κ3) is 4.54. The quantitative estimate of drug-likeness (QED) is 0.628. The topological polar surface area (TPSA) is 80.3 Å². The van der Waals surface area contributed by atoms with Gasteiger partial charge in [0.05, 0.1) is 18.4 Å². The van der Waals surface area contributed by atoms with Gasteiger partial charge in [0.15, 0.2) is 0 Å². The van der Waals surface area contributed by atoms with Gasteiger partial charge >= 0.3 is 5.97 Å². The first kappa shape index (κ1) is 19.1. The SMILES string of the molecule is COC(=O)c1ccccc1NC(=O)c1ccnc(NC(C)c2ccccc2)c1. The molecule has 0 saturated carbocycles. The highest BCUT2D eigenvalue weighted by Gasteiger charge is 2.15. The van der Waals surface area contributed by atoms with Gasteiger partial charge in [-0.15, -0.1) is 0 Å². The fourth-order valence-corrected chi connectivity index (χ4v) is 2.77. The van der Waals surface area contributed by atoms with Gasteiger partial charge in [0.25, 0.3) is 5.91 Å². The van der Waals surface area contributed by atoms with Crippen LogP contribution in [0.4, 0.5) is 11.5 Å². The summed E-state index contributed by atoms with van der Waals surface area (Å²) in [6.45, 7) is 2.02. The molecule has 0 radical (unpaired) electrons. The lowest BCUT2D eigenvalue weighted by molar-refractivity contribution is 0.0602. The molecule has 0 fully saturated rings. The molecule has 1 atom stereocenters. The van der Waals surface area contributed by atoms with E-state index in [9.17, 15) is 9.59 Å². The molecule has 0 aliphatic heterocycles. The Balaban J connectivity index is 1.75. The normalized spacial score (nSPS) is 11.4. The number of nitrogens with zero attached hydrogens (tertiary/aromatic N) is 1. The second-order valence-corrected chi connectivity index (χ2v) is 6.20. The van der Waals surface area contributed by atoms with Gasteiger partial charge in [0.2, 0.25) is 0 Å². The highest BCUT2D eigenvalue weighted by atomic mass is 16.5. The van der Waals surface area contributed by atoms with E-state index in [0.29, 0.717) is 22.6 Å². The van der Waals surface area contributed by atoms with Gasteiger partial charge in [0.1, 0.15) is 5.82 Å². The Labute approximate surface area is 163 Å². The van der Waals surface area contributed by atoms with Crippen molar-refractivity contribution in [2.24, 2.45) is 0 Å². The molecule has 0 bridgehead atoms. The van der Waals surface area contributed by atoms with Crippen molar-refractivity contribution in [2.75, 3.05) is 17.7 Å². The van der Waals surface area contributed by atoms with E-state index >= 15 is 0 Å². The van der Waals surface area contributed by atoms with Crippen molar-refractivity contribution >= 4 is 23.4 Å². The molecule has 0 saturated heterocycles. The van der Waals surface area contributed by atoms with E-state index in [-0.39, 0.29) is 11.9 Å². The molecule has 2 aromatic carbocycles. The van der Waals surface area contributed by atoms with Crippen LogP contribution in [0.5, 0.6) is 0 Å². The Morgan fingerprint density at radius 2 is 1.71 bits per heavy atom. The summed E-state index contributed by atoms with van der Waals surface area (Å²) in [6, 6.07) is 20.0. The molecular formula is C22H21N3O3. The number of anilines is 2. The largest absolute Gasteiger partial charge is 0.465 e. The van der Waals surface area contributed by atoms with Crippen LogP contribution < -0.4 is 10.6 Å². The molecule has 6 heteroatoms. The van der Waals surface area contributed by atoms with Crippen LogP contribution >= 0.6 is 0 Å².